The molecular formula is C9H16N2O2S. The van der Waals surface area contributed by atoms with E-state index < -0.39 is 0 Å². The van der Waals surface area contributed by atoms with Crippen molar-refractivity contribution in [3.63, 3.8) is 0 Å². The van der Waals surface area contributed by atoms with Crippen LogP contribution in [0.1, 0.15) is 4.88 Å². The minimum absolute atomic E-state index is 0.0264. The normalized spacial score (nSPS) is 13.0. The minimum atomic E-state index is -0.0264. The first-order valence-electron chi connectivity index (χ1n) is 4.43. The molecule has 4 nitrogen and oxygen atoms in total. The average Bonchev–Trinajstić information content (AvgIpc) is 2.59. The summed E-state index contributed by atoms with van der Waals surface area (Å²) in [5, 5.41) is 14.1. The van der Waals surface area contributed by atoms with E-state index in [0.717, 1.165) is 10.6 Å². The van der Waals surface area contributed by atoms with Crippen LogP contribution in [0.5, 0.6) is 0 Å². The Labute approximate surface area is 87.7 Å². The van der Waals surface area contributed by atoms with Gasteiger partial charge in [0.2, 0.25) is 0 Å². The second-order valence-corrected chi connectivity index (χ2v) is 4.02. The van der Waals surface area contributed by atoms with Crippen molar-refractivity contribution < 1.29 is 9.84 Å². The maximum atomic E-state index is 8.98. The van der Waals surface area contributed by atoms with Crippen molar-refractivity contribution in [1.82, 2.24) is 5.32 Å². The van der Waals surface area contributed by atoms with Crippen molar-refractivity contribution in [3.8, 4) is 0 Å². The third-order valence-electron chi connectivity index (χ3n) is 1.92. The first-order valence-corrected chi connectivity index (χ1v) is 5.31. The molecule has 0 bridgehead atoms. The maximum Gasteiger partial charge on any atom is 0.0638 e. The van der Waals surface area contributed by atoms with Gasteiger partial charge in [0.1, 0.15) is 0 Å². The molecule has 1 heterocycles. The maximum absolute atomic E-state index is 8.98. The Morgan fingerprint density at radius 2 is 2.50 bits per heavy atom. The van der Waals surface area contributed by atoms with E-state index in [1.165, 1.54) is 0 Å². The second kappa shape index (κ2) is 5.98. The minimum Gasteiger partial charge on any atom is -0.398 e. The van der Waals surface area contributed by atoms with Gasteiger partial charge in [-0.3, -0.25) is 0 Å². The SMILES string of the molecule is COCC(CO)NCc1sccc1N. The number of aliphatic hydroxyl groups is 1. The lowest BCUT2D eigenvalue weighted by molar-refractivity contribution is 0.128. The van der Waals surface area contributed by atoms with E-state index in [9.17, 15) is 0 Å². The van der Waals surface area contributed by atoms with Crippen LogP contribution in [0.4, 0.5) is 5.69 Å². The summed E-state index contributed by atoms with van der Waals surface area (Å²) >= 11 is 1.61. The van der Waals surface area contributed by atoms with Gasteiger partial charge in [0.25, 0.3) is 0 Å². The number of aliphatic hydroxyl groups excluding tert-OH is 1. The van der Waals surface area contributed by atoms with Gasteiger partial charge in [0.15, 0.2) is 0 Å². The van der Waals surface area contributed by atoms with Crippen molar-refractivity contribution in [2.75, 3.05) is 26.1 Å². The Morgan fingerprint density at radius 3 is 3.00 bits per heavy atom. The van der Waals surface area contributed by atoms with E-state index in [-0.39, 0.29) is 12.6 Å². The number of hydrogen-bond acceptors (Lipinski definition) is 5. The van der Waals surface area contributed by atoms with Crippen LogP contribution in [0, 0.1) is 0 Å². The van der Waals surface area contributed by atoms with Gasteiger partial charge >= 0.3 is 0 Å². The molecule has 0 fully saturated rings. The predicted octanol–water partition coefficient (Wildman–Crippen LogP) is 0.427. The summed E-state index contributed by atoms with van der Waals surface area (Å²) in [5.74, 6) is 0. The molecule has 0 radical (unpaired) electrons. The molecule has 1 atom stereocenters. The Hall–Kier alpha value is -0.620. The van der Waals surface area contributed by atoms with E-state index in [0.29, 0.717) is 13.2 Å². The number of nitrogens with two attached hydrogens (primary N) is 1. The highest BCUT2D eigenvalue weighted by Crippen LogP contribution is 2.18. The molecule has 0 saturated carbocycles. The Morgan fingerprint density at radius 1 is 1.71 bits per heavy atom. The number of hydrogen-bond donors (Lipinski definition) is 3. The standard InChI is InChI=1S/C9H16N2O2S/c1-13-6-7(5-12)11-4-9-8(10)2-3-14-9/h2-3,7,11-12H,4-6,10H2,1H3. The lowest BCUT2D eigenvalue weighted by Gasteiger charge is -2.14. The van der Waals surface area contributed by atoms with E-state index in [1.54, 1.807) is 18.4 Å². The Kier molecular flexibility index (Phi) is 4.89. The number of nitrogen functional groups attached to an aromatic ring is 1. The summed E-state index contributed by atoms with van der Waals surface area (Å²) < 4.78 is 4.94. The molecule has 1 aromatic heterocycles. The summed E-state index contributed by atoms with van der Waals surface area (Å²) in [4.78, 5) is 1.10. The molecule has 5 heteroatoms. The van der Waals surface area contributed by atoms with E-state index in [2.05, 4.69) is 5.32 Å². The summed E-state index contributed by atoms with van der Waals surface area (Å²) in [6.07, 6.45) is 0. The molecule has 0 saturated heterocycles. The van der Waals surface area contributed by atoms with Gasteiger partial charge in [-0.2, -0.15) is 0 Å². The van der Waals surface area contributed by atoms with Gasteiger partial charge in [-0.1, -0.05) is 0 Å². The van der Waals surface area contributed by atoms with Gasteiger partial charge in [0, 0.05) is 24.2 Å². The summed E-state index contributed by atoms with van der Waals surface area (Å²) in [7, 11) is 1.61. The number of anilines is 1. The first kappa shape index (κ1) is 11.5. The molecule has 1 aromatic rings. The third-order valence-corrected chi connectivity index (χ3v) is 2.86. The van der Waals surface area contributed by atoms with Gasteiger partial charge in [-0.25, -0.2) is 0 Å². The lowest BCUT2D eigenvalue weighted by atomic mass is 10.3. The smallest absolute Gasteiger partial charge is 0.0638 e. The van der Waals surface area contributed by atoms with Gasteiger partial charge in [0.05, 0.1) is 19.3 Å². The van der Waals surface area contributed by atoms with E-state index >= 15 is 0 Å². The molecule has 0 aliphatic heterocycles. The number of ether oxygens (including phenoxy) is 1. The summed E-state index contributed by atoms with van der Waals surface area (Å²) in [5.41, 5.74) is 6.52. The fraction of sp³-hybridized carbons (Fsp3) is 0.556. The monoisotopic (exact) mass is 216 g/mol. The number of nitrogens with one attached hydrogen (secondary N) is 1. The van der Waals surface area contributed by atoms with Crippen LogP contribution in [-0.4, -0.2) is 31.5 Å². The van der Waals surface area contributed by atoms with Crippen molar-refractivity contribution in [1.29, 1.82) is 0 Å². The largest absolute Gasteiger partial charge is 0.398 e. The van der Waals surface area contributed by atoms with Crippen LogP contribution < -0.4 is 11.1 Å². The highest BCUT2D eigenvalue weighted by molar-refractivity contribution is 7.10. The van der Waals surface area contributed by atoms with Gasteiger partial charge < -0.3 is 20.9 Å². The van der Waals surface area contributed by atoms with Crippen LogP contribution in [0.25, 0.3) is 0 Å². The summed E-state index contributed by atoms with van der Waals surface area (Å²) in [6.45, 7) is 1.25. The Balaban J connectivity index is 2.35. The zero-order valence-electron chi connectivity index (χ0n) is 8.19. The zero-order chi connectivity index (χ0) is 10.4. The van der Waals surface area contributed by atoms with Crippen LogP contribution in [-0.2, 0) is 11.3 Å². The molecule has 80 valence electrons. The lowest BCUT2D eigenvalue weighted by Crippen LogP contribution is -2.35. The van der Waals surface area contributed by atoms with Crippen molar-refractivity contribution in [2.45, 2.75) is 12.6 Å². The molecule has 1 unspecified atom stereocenters. The zero-order valence-corrected chi connectivity index (χ0v) is 9.01. The molecular weight excluding hydrogens is 200 g/mol. The van der Waals surface area contributed by atoms with E-state index in [4.69, 9.17) is 15.6 Å². The molecule has 0 aliphatic rings. The van der Waals surface area contributed by atoms with Crippen LogP contribution in [0.3, 0.4) is 0 Å². The Bertz CT molecular complexity index is 265. The predicted molar refractivity (Wildman–Crippen MR) is 58.3 cm³/mol. The fourth-order valence-corrected chi connectivity index (χ4v) is 1.86. The third kappa shape index (κ3) is 3.26. The fourth-order valence-electron chi connectivity index (χ4n) is 1.11. The number of rotatable bonds is 6. The van der Waals surface area contributed by atoms with Crippen molar-refractivity contribution in [3.05, 3.63) is 16.3 Å². The molecule has 0 spiro atoms. The topological polar surface area (TPSA) is 67.5 Å². The number of thiophene rings is 1. The van der Waals surface area contributed by atoms with E-state index in [1.807, 2.05) is 11.4 Å². The highest BCUT2D eigenvalue weighted by atomic mass is 32.1. The molecule has 0 aromatic carbocycles. The number of methoxy groups -OCH3 is 1. The molecule has 4 N–H and O–H groups in total. The van der Waals surface area contributed by atoms with Crippen LogP contribution >= 0.6 is 11.3 Å². The quantitative estimate of drug-likeness (QED) is 0.645. The molecule has 0 aliphatic carbocycles. The van der Waals surface area contributed by atoms with Crippen LogP contribution in [0.2, 0.25) is 0 Å². The van der Waals surface area contributed by atoms with Crippen molar-refractivity contribution in [2.24, 2.45) is 0 Å². The first-order chi connectivity index (χ1) is 6.77. The van der Waals surface area contributed by atoms with Crippen molar-refractivity contribution >= 4 is 17.0 Å². The van der Waals surface area contributed by atoms with Gasteiger partial charge in [-0.05, 0) is 11.4 Å². The average molecular weight is 216 g/mol. The molecule has 1 rings (SSSR count). The second-order valence-electron chi connectivity index (χ2n) is 3.01. The molecule has 0 amide bonds. The van der Waals surface area contributed by atoms with Crippen LogP contribution in [0.15, 0.2) is 11.4 Å². The van der Waals surface area contributed by atoms with Gasteiger partial charge in [-0.15, -0.1) is 11.3 Å². The molecule has 14 heavy (non-hydrogen) atoms. The highest BCUT2D eigenvalue weighted by Gasteiger charge is 2.07. The summed E-state index contributed by atoms with van der Waals surface area (Å²) in [6, 6.07) is 1.85.